The van der Waals surface area contributed by atoms with Crippen LogP contribution in [0.15, 0.2) is 30.5 Å². The first kappa shape index (κ1) is 11.1. The van der Waals surface area contributed by atoms with E-state index >= 15 is 0 Å². The molecule has 1 N–H and O–H groups in total. The van der Waals surface area contributed by atoms with E-state index in [1.807, 2.05) is 24.3 Å². The second kappa shape index (κ2) is 5.70. The van der Waals surface area contributed by atoms with Crippen LogP contribution in [0, 0.1) is 0 Å². The van der Waals surface area contributed by atoms with Gasteiger partial charge in [-0.25, -0.2) is 0 Å². The van der Waals surface area contributed by atoms with E-state index in [1.165, 1.54) is 6.26 Å². The Balaban J connectivity index is 2.87. The van der Waals surface area contributed by atoms with E-state index in [2.05, 4.69) is 10.1 Å². The number of hydrogen-bond donors (Lipinski definition) is 1. The van der Waals surface area contributed by atoms with Crippen molar-refractivity contribution in [3.63, 3.8) is 0 Å². The molecule has 80 valence electrons. The highest BCUT2D eigenvalue weighted by molar-refractivity contribution is 5.64. The maximum absolute atomic E-state index is 10.0. The van der Waals surface area contributed by atoms with Crippen LogP contribution in [-0.4, -0.2) is 20.6 Å². The normalized spacial score (nSPS) is 10.7. The van der Waals surface area contributed by atoms with E-state index in [0.29, 0.717) is 6.47 Å². The number of rotatable bonds is 5. The minimum atomic E-state index is 0.376. The minimum absolute atomic E-state index is 0.376. The summed E-state index contributed by atoms with van der Waals surface area (Å²) in [6.45, 7) is 0.376. The molecule has 0 aliphatic rings. The van der Waals surface area contributed by atoms with Crippen LogP contribution in [0.2, 0.25) is 0 Å². The van der Waals surface area contributed by atoms with Gasteiger partial charge < -0.3 is 14.8 Å². The van der Waals surface area contributed by atoms with Gasteiger partial charge in [0.25, 0.3) is 6.47 Å². The molecule has 0 unspecified atom stereocenters. The second-order valence-corrected chi connectivity index (χ2v) is 2.74. The Kier molecular flexibility index (Phi) is 4.22. The number of carbonyl (C=O) groups is 1. The Morgan fingerprint density at radius 2 is 2.00 bits per heavy atom. The molecular weight excluding hydrogens is 194 g/mol. The summed E-state index contributed by atoms with van der Waals surface area (Å²) in [4.78, 5) is 10.0. The zero-order chi connectivity index (χ0) is 11.1. The summed E-state index contributed by atoms with van der Waals surface area (Å²) in [6, 6.07) is 7.41. The van der Waals surface area contributed by atoms with Gasteiger partial charge in [0, 0.05) is 12.6 Å². The third-order valence-corrected chi connectivity index (χ3v) is 1.91. The maximum atomic E-state index is 10.0. The number of ether oxygens (including phenoxy) is 2. The zero-order valence-electron chi connectivity index (χ0n) is 8.69. The van der Waals surface area contributed by atoms with E-state index < -0.39 is 0 Å². The van der Waals surface area contributed by atoms with Crippen molar-refractivity contribution < 1.29 is 14.3 Å². The molecule has 0 heterocycles. The van der Waals surface area contributed by atoms with E-state index in [4.69, 9.17) is 4.74 Å². The Morgan fingerprint density at radius 3 is 2.47 bits per heavy atom. The number of nitrogens with one attached hydrogen (secondary N) is 1. The Labute approximate surface area is 88.5 Å². The molecule has 0 atom stereocenters. The van der Waals surface area contributed by atoms with Crippen LogP contribution in [-0.2, 0) is 9.53 Å². The molecule has 0 aliphatic heterocycles. The average molecular weight is 207 g/mol. The smallest absolute Gasteiger partial charge is 0.297 e. The lowest BCUT2D eigenvalue weighted by Gasteiger charge is -2.06. The SMILES string of the molecule is CN/C(=C\OC=O)c1ccc(OC)cc1. The molecule has 0 spiro atoms. The van der Waals surface area contributed by atoms with Crippen LogP contribution in [0.4, 0.5) is 0 Å². The van der Waals surface area contributed by atoms with Gasteiger partial charge in [0.1, 0.15) is 12.0 Å². The lowest BCUT2D eigenvalue weighted by atomic mass is 10.1. The molecule has 0 aliphatic carbocycles. The fourth-order valence-electron chi connectivity index (χ4n) is 1.14. The predicted molar refractivity (Wildman–Crippen MR) is 57.2 cm³/mol. The third kappa shape index (κ3) is 3.02. The highest BCUT2D eigenvalue weighted by Gasteiger charge is 1.99. The van der Waals surface area contributed by atoms with Crippen molar-refractivity contribution in [2.45, 2.75) is 0 Å². The fraction of sp³-hybridized carbons (Fsp3) is 0.182. The van der Waals surface area contributed by atoms with E-state index in [1.54, 1.807) is 14.2 Å². The van der Waals surface area contributed by atoms with Crippen LogP contribution in [0.1, 0.15) is 5.56 Å². The van der Waals surface area contributed by atoms with E-state index in [0.717, 1.165) is 17.0 Å². The Bertz CT molecular complexity index is 343. The Hall–Kier alpha value is -1.97. The van der Waals surface area contributed by atoms with Crippen molar-refractivity contribution in [1.82, 2.24) is 5.32 Å². The minimum Gasteiger partial charge on any atom is -0.497 e. The van der Waals surface area contributed by atoms with Gasteiger partial charge in [-0.05, 0) is 24.3 Å². The first-order valence-corrected chi connectivity index (χ1v) is 4.43. The predicted octanol–water partition coefficient (Wildman–Crippen LogP) is 1.39. The molecule has 4 heteroatoms. The first-order valence-electron chi connectivity index (χ1n) is 4.43. The van der Waals surface area contributed by atoms with Crippen molar-refractivity contribution >= 4 is 12.2 Å². The molecular formula is C11H13NO3. The van der Waals surface area contributed by atoms with Gasteiger partial charge in [0.05, 0.1) is 12.8 Å². The van der Waals surface area contributed by atoms with E-state index in [-0.39, 0.29) is 0 Å². The van der Waals surface area contributed by atoms with Gasteiger partial charge in [-0.15, -0.1) is 0 Å². The summed E-state index contributed by atoms with van der Waals surface area (Å²) in [5.74, 6) is 0.783. The molecule has 0 saturated heterocycles. The van der Waals surface area contributed by atoms with Crippen LogP contribution in [0.25, 0.3) is 5.70 Å². The summed E-state index contributed by atoms with van der Waals surface area (Å²) >= 11 is 0. The zero-order valence-corrected chi connectivity index (χ0v) is 8.69. The molecule has 0 bridgehead atoms. The van der Waals surface area contributed by atoms with Crippen molar-refractivity contribution in [2.24, 2.45) is 0 Å². The third-order valence-electron chi connectivity index (χ3n) is 1.91. The molecule has 1 aromatic rings. The van der Waals surface area contributed by atoms with Crippen LogP contribution in [0.3, 0.4) is 0 Å². The number of hydrogen-bond acceptors (Lipinski definition) is 4. The fourth-order valence-corrected chi connectivity index (χ4v) is 1.14. The molecule has 0 radical (unpaired) electrons. The quantitative estimate of drug-likeness (QED) is 0.585. The summed E-state index contributed by atoms with van der Waals surface area (Å²) in [6.07, 6.45) is 1.36. The molecule has 0 amide bonds. The molecule has 0 aromatic heterocycles. The van der Waals surface area contributed by atoms with Crippen molar-refractivity contribution in [1.29, 1.82) is 0 Å². The largest absolute Gasteiger partial charge is 0.497 e. The van der Waals surface area contributed by atoms with Crippen LogP contribution >= 0.6 is 0 Å². The van der Waals surface area contributed by atoms with Gasteiger partial charge in [0.15, 0.2) is 0 Å². The number of carbonyl (C=O) groups excluding carboxylic acids is 1. The topological polar surface area (TPSA) is 47.6 Å². The van der Waals surface area contributed by atoms with Gasteiger partial charge >= 0.3 is 0 Å². The van der Waals surface area contributed by atoms with Gasteiger partial charge in [-0.1, -0.05) is 0 Å². The summed E-state index contributed by atoms with van der Waals surface area (Å²) in [5.41, 5.74) is 1.64. The summed E-state index contributed by atoms with van der Waals surface area (Å²) in [7, 11) is 3.36. The first-order chi connectivity index (χ1) is 7.31. The molecule has 1 aromatic carbocycles. The molecule has 15 heavy (non-hydrogen) atoms. The van der Waals surface area contributed by atoms with Crippen molar-refractivity contribution in [3.05, 3.63) is 36.1 Å². The Morgan fingerprint density at radius 1 is 1.33 bits per heavy atom. The summed E-state index contributed by atoms with van der Waals surface area (Å²) < 4.78 is 9.60. The molecule has 0 saturated carbocycles. The van der Waals surface area contributed by atoms with Crippen LogP contribution in [0.5, 0.6) is 5.75 Å². The van der Waals surface area contributed by atoms with Gasteiger partial charge in [-0.2, -0.15) is 0 Å². The lowest BCUT2D eigenvalue weighted by molar-refractivity contribution is -0.123. The maximum Gasteiger partial charge on any atom is 0.297 e. The summed E-state index contributed by atoms with van der Waals surface area (Å²) in [5, 5.41) is 2.93. The highest BCUT2D eigenvalue weighted by atomic mass is 16.5. The second-order valence-electron chi connectivity index (χ2n) is 2.74. The molecule has 1 rings (SSSR count). The standard InChI is InChI=1S/C11H13NO3/c1-12-11(7-15-8-13)9-3-5-10(14-2)6-4-9/h3-8,12H,1-2H3/b11-7-. The van der Waals surface area contributed by atoms with Gasteiger partial charge in [-0.3, -0.25) is 4.79 Å². The van der Waals surface area contributed by atoms with Crippen molar-refractivity contribution in [2.75, 3.05) is 14.2 Å². The van der Waals surface area contributed by atoms with Crippen LogP contribution < -0.4 is 10.1 Å². The monoisotopic (exact) mass is 207 g/mol. The molecule has 0 fully saturated rings. The molecule has 4 nitrogen and oxygen atoms in total. The number of benzene rings is 1. The van der Waals surface area contributed by atoms with Gasteiger partial charge in [0.2, 0.25) is 0 Å². The van der Waals surface area contributed by atoms with Crippen molar-refractivity contribution in [3.8, 4) is 5.75 Å². The number of methoxy groups -OCH3 is 1. The highest BCUT2D eigenvalue weighted by Crippen LogP contribution is 2.16. The average Bonchev–Trinajstić information content (AvgIpc) is 2.31. The lowest BCUT2D eigenvalue weighted by Crippen LogP contribution is -2.05. The van der Waals surface area contributed by atoms with E-state index in [9.17, 15) is 4.79 Å².